The van der Waals surface area contributed by atoms with Crippen LogP contribution in [0.4, 0.5) is 10.1 Å². The molecule has 0 aliphatic carbocycles. The molecule has 0 saturated carbocycles. The predicted molar refractivity (Wildman–Crippen MR) is 162 cm³/mol. The van der Waals surface area contributed by atoms with Gasteiger partial charge >= 0.3 is 0 Å². The second-order valence-corrected chi connectivity index (χ2v) is 10.8. The molecule has 0 aliphatic rings. The number of halogens is 3. The number of fused-ring (bicyclic) bond motifs is 1. The summed E-state index contributed by atoms with van der Waals surface area (Å²) >= 11 is 5.50. The van der Waals surface area contributed by atoms with Crippen molar-refractivity contribution in [3.8, 4) is 11.5 Å². The van der Waals surface area contributed by atoms with Crippen LogP contribution in [-0.4, -0.2) is 35.5 Å². The lowest BCUT2D eigenvalue weighted by atomic mass is 10.1. The van der Waals surface area contributed by atoms with Gasteiger partial charge in [0.2, 0.25) is 0 Å². The maximum atomic E-state index is 13.4. The molecule has 0 bridgehead atoms. The van der Waals surface area contributed by atoms with Crippen LogP contribution in [0.3, 0.4) is 0 Å². The summed E-state index contributed by atoms with van der Waals surface area (Å²) in [5.74, 6) is 0.569. The fraction of sp³-hybridized carbons (Fsp3) is 0.214. The van der Waals surface area contributed by atoms with Gasteiger partial charge in [-0.2, -0.15) is 9.78 Å². The minimum absolute atomic E-state index is 0.00870. The molecule has 0 aliphatic heterocycles. The SMILES string of the molecule is CC[C@@H](C)c1nc2ccc(Br)cc2c(=O)n1N=Cc1cc(I)c(OCC(=O)Nc2ccc(F)cc2)c(OC)c1. The number of carbonyl (C=O) groups excluding carboxylic acids is 1. The van der Waals surface area contributed by atoms with Crippen LogP contribution in [-0.2, 0) is 4.79 Å². The number of anilines is 1. The summed E-state index contributed by atoms with van der Waals surface area (Å²) in [5.41, 5.74) is 1.48. The van der Waals surface area contributed by atoms with Gasteiger partial charge in [-0.05, 0) is 89.2 Å². The van der Waals surface area contributed by atoms with Crippen LogP contribution in [0.2, 0.25) is 0 Å². The number of carbonyl (C=O) groups is 1. The summed E-state index contributed by atoms with van der Waals surface area (Å²) in [4.78, 5) is 30.4. The lowest BCUT2D eigenvalue weighted by Gasteiger charge is -2.15. The zero-order chi connectivity index (χ0) is 28.1. The molecule has 1 atom stereocenters. The van der Waals surface area contributed by atoms with E-state index >= 15 is 0 Å². The highest BCUT2D eigenvalue weighted by Crippen LogP contribution is 2.33. The first-order chi connectivity index (χ1) is 18.7. The van der Waals surface area contributed by atoms with Crippen molar-refractivity contribution in [1.29, 1.82) is 0 Å². The number of ether oxygens (including phenoxy) is 2. The van der Waals surface area contributed by atoms with Crippen molar-refractivity contribution >= 4 is 67.2 Å². The first-order valence-corrected chi connectivity index (χ1v) is 13.9. The third-order valence-corrected chi connectivity index (χ3v) is 7.23. The Kier molecular flexibility index (Phi) is 9.33. The van der Waals surface area contributed by atoms with Crippen molar-refractivity contribution in [2.24, 2.45) is 5.10 Å². The third kappa shape index (κ3) is 6.82. The van der Waals surface area contributed by atoms with E-state index < -0.39 is 11.7 Å². The summed E-state index contributed by atoms with van der Waals surface area (Å²) in [6.07, 6.45) is 2.35. The van der Waals surface area contributed by atoms with E-state index in [-0.39, 0.29) is 18.1 Å². The van der Waals surface area contributed by atoms with Crippen molar-refractivity contribution in [3.05, 3.63) is 90.2 Å². The zero-order valence-electron chi connectivity index (χ0n) is 21.4. The minimum atomic E-state index is -0.405. The number of nitrogens with one attached hydrogen (secondary N) is 1. The smallest absolute Gasteiger partial charge is 0.282 e. The Balaban J connectivity index is 1.60. The molecule has 4 aromatic rings. The summed E-state index contributed by atoms with van der Waals surface area (Å²) in [6, 6.07) is 14.4. The van der Waals surface area contributed by atoms with Crippen molar-refractivity contribution in [2.45, 2.75) is 26.2 Å². The maximum absolute atomic E-state index is 13.4. The van der Waals surface area contributed by atoms with Gasteiger partial charge in [-0.25, -0.2) is 9.37 Å². The van der Waals surface area contributed by atoms with E-state index in [2.05, 4.69) is 48.9 Å². The largest absolute Gasteiger partial charge is 0.493 e. The molecule has 39 heavy (non-hydrogen) atoms. The molecule has 11 heteroatoms. The molecule has 8 nitrogen and oxygen atoms in total. The van der Waals surface area contributed by atoms with Gasteiger partial charge in [-0.15, -0.1) is 0 Å². The molecular weight excluding hydrogens is 682 g/mol. The average Bonchev–Trinajstić information content (AvgIpc) is 2.92. The van der Waals surface area contributed by atoms with E-state index in [1.165, 1.54) is 36.1 Å². The van der Waals surface area contributed by atoms with Gasteiger partial charge in [0.25, 0.3) is 11.5 Å². The van der Waals surface area contributed by atoms with Crippen LogP contribution >= 0.6 is 38.5 Å². The number of nitrogens with zero attached hydrogens (tertiary/aromatic N) is 3. The lowest BCUT2D eigenvalue weighted by molar-refractivity contribution is -0.118. The van der Waals surface area contributed by atoms with Crippen LogP contribution in [0, 0.1) is 9.39 Å². The van der Waals surface area contributed by atoms with Gasteiger partial charge in [0.1, 0.15) is 11.6 Å². The number of benzene rings is 3. The molecule has 1 aromatic heterocycles. The van der Waals surface area contributed by atoms with E-state index in [0.29, 0.717) is 43.0 Å². The van der Waals surface area contributed by atoms with Crippen molar-refractivity contribution in [1.82, 2.24) is 9.66 Å². The molecule has 4 rings (SSSR count). The van der Waals surface area contributed by atoms with E-state index in [1.807, 2.05) is 26.0 Å². The third-order valence-electron chi connectivity index (χ3n) is 5.94. The highest BCUT2D eigenvalue weighted by atomic mass is 127. The number of methoxy groups -OCH3 is 1. The highest BCUT2D eigenvalue weighted by molar-refractivity contribution is 14.1. The zero-order valence-corrected chi connectivity index (χ0v) is 25.1. The highest BCUT2D eigenvalue weighted by Gasteiger charge is 2.17. The van der Waals surface area contributed by atoms with Crippen LogP contribution < -0.4 is 20.3 Å². The van der Waals surface area contributed by atoms with Crippen molar-refractivity contribution < 1.29 is 18.7 Å². The predicted octanol–water partition coefficient (Wildman–Crippen LogP) is 6.32. The van der Waals surface area contributed by atoms with Gasteiger partial charge in [0.15, 0.2) is 18.1 Å². The fourth-order valence-electron chi connectivity index (χ4n) is 3.73. The number of hydrogen-bond acceptors (Lipinski definition) is 6. The Labute approximate surface area is 246 Å². The number of hydrogen-bond donors (Lipinski definition) is 1. The second-order valence-electron chi connectivity index (χ2n) is 8.68. The van der Waals surface area contributed by atoms with Crippen LogP contribution in [0.1, 0.15) is 37.6 Å². The second kappa shape index (κ2) is 12.7. The molecule has 0 unspecified atom stereocenters. The monoisotopic (exact) mass is 706 g/mol. The Morgan fingerprint density at radius 2 is 1.97 bits per heavy atom. The van der Waals surface area contributed by atoms with Crippen LogP contribution in [0.5, 0.6) is 11.5 Å². The topological polar surface area (TPSA) is 94.8 Å². The number of amides is 1. The normalized spacial score (nSPS) is 12.1. The van der Waals surface area contributed by atoms with Gasteiger partial charge < -0.3 is 14.8 Å². The van der Waals surface area contributed by atoms with Gasteiger partial charge in [-0.3, -0.25) is 9.59 Å². The molecule has 0 saturated heterocycles. The quantitative estimate of drug-likeness (QED) is 0.162. The molecule has 202 valence electrons. The van der Waals surface area contributed by atoms with E-state index in [1.54, 1.807) is 24.4 Å². The Morgan fingerprint density at radius 3 is 2.67 bits per heavy atom. The summed E-state index contributed by atoms with van der Waals surface area (Å²) in [6.45, 7) is 3.76. The van der Waals surface area contributed by atoms with Crippen molar-refractivity contribution in [3.63, 3.8) is 0 Å². The van der Waals surface area contributed by atoms with Gasteiger partial charge in [0.05, 0.1) is 27.8 Å². The van der Waals surface area contributed by atoms with E-state index in [4.69, 9.17) is 14.5 Å². The lowest BCUT2D eigenvalue weighted by Crippen LogP contribution is -2.23. The first-order valence-electron chi connectivity index (χ1n) is 12.0. The Morgan fingerprint density at radius 1 is 1.23 bits per heavy atom. The van der Waals surface area contributed by atoms with Crippen molar-refractivity contribution in [2.75, 3.05) is 19.0 Å². The number of aromatic nitrogens is 2. The van der Waals surface area contributed by atoms with E-state index in [0.717, 1.165) is 10.9 Å². The van der Waals surface area contributed by atoms with Gasteiger partial charge in [0, 0.05) is 16.1 Å². The van der Waals surface area contributed by atoms with Crippen LogP contribution in [0.25, 0.3) is 10.9 Å². The molecule has 0 spiro atoms. The molecular formula is C28H25BrFIN4O4. The molecule has 0 radical (unpaired) electrons. The van der Waals surface area contributed by atoms with Crippen LogP contribution in [0.15, 0.2) is 69.0 Å². The Bertz CT molecular complexity index is 1610. The summed E-state index contributed by atoms with van der Waals surface area (Å²) in [7, 11) is 1.49. The molecule has 1 heterocycles. The molecule has 1 N–H and O–H groups in total. The first kappa shape index (κ1) is 28.7. The molecule has 3 aromatic carbocycles. The fourth-order valence-corrected chi connectivity index (χ4v) is 4.87. The Hall–Kier alpha value is -3.32. The summed E-state index contributed by atoms with van der Waals surface area (Å²) < 4.78 is 27.1. The summed E-state index contributed by atoms with van der Waals surface area (Å²) in [5, 5.41) is 7.62. The van der Waals surface area contributed by atoms with E-state index in [9.17, 15) is 14.0 Å². The average molecular weight is 707 g/mol. The maximum Gasteiger partial charge on any atom is 0.282 e. The van der Waals surface area contributed by atoms with Gasteiger partial charge in [-0.1, -0.05) is 29.8 Å². The molecule has 1 amide bonds. The minimum Gasteiger partial charge on any atom is -0.493 e. The molecule has 0 fully saturated rings. The standard InChI is InChI=1S/C28H25BrFIN4O4/c1-4-16(2)27-34-23-10-5-18(29)13-21(23)28(37)35(27)32-14-17-11-22(31)26(24(12-17)38-3)39-15-25(36)33-20-8-6-19(30)7-9-20/h5-14,16H,4,15H2,1-3H3,(H,33,36)/t16-/m1/s1. The number of rotatable bonds is 9.